The summed E-state index contributed by atoms with van der Waals surface area (Å²) in [6, 6.07) is 18.3. The van der Waals surface area contributed by atoms with Crippen molar-refractivity contribution in [1.82, 2.24) is 0 Å². The molecule has 0 aliphatic carbocycles. The van der Waals surface area contributed by atoms with Crippen molar-refractivity contribution in [3.63, 3.8) is 0 Å². The Labute approximate surface area is 303 Å². The Morgan fingerprint density at radius 3 is 1.63 bits per heavy atom. The molecular formula is C47H73N2+. The number of allylic oxidation sites excluding steroid dienone is 4. The van der Waals surface area contributed by atoms with E-state index in [1.807, 2.05) is 0 Å². The van der Waals surface area contributed by atoms with Gasteiger partial charge in [0.25, 0.3) is 0 Å². The summed E-state index contributed by atoms with van der Waals surface area (Å²) in [4.78, 5) is 2.64. The van der Waals surface area contributed by atoms with E-state index in [1.165, 1.54) is 162 Å². The molecule has 0 spiro atoms. The Bertz CT molecular complexity index is 1360. The molecular weight excluding hydrogens is 593 g/mol. The van der Waals surface area contributed by atoms with E-state index >= 15 is 0 Å². The topological polar surface area (TPSA) is 6.25 Å². The second-order valence-corrected chi connectivity index (χ2v) is 16.2. The van der Waals surface area contributed by atoms with Gasteiger partial charge in [-0.2, -0.15) is 4.58 Å². The number of nitrogens with zero attached hydrogens (tertiary/aromatic N) is 2. The van der Waals surface area contributed by atoms with Gasteiger partial charge < -0.3 is 4.90 Å². The predicted molar refractivity (Wildman–Crippen MR) is 217 cm³/mol. The number of hydrogen-bond donors (Lipinski definition) is 0. The van der Waals surface area contributed by atoms with Gasteiger partial charge in [0.15, 0.2) is 5.71 Å². The van der Waals surface area contributed by atoms with Crippen LogP contribution in [0.4, 0.5) is 11.4 Å². The van der Waals surface area contributed by atoms with Crippen molar-refractivity contribution in [3.05, 3.63) is 83.6 Å². The number of hydrogen-bond acceptors (Lipinski definition) is 1. The van der Waals surface area contributed by atoms with Gasteiger partial charge in [-0.3, -0.25) is 0 Å². The Morgan fingerprint density at radius 2 is 1.04 bits per heavy atom. The number of benzene rings is 2. The van der Waals surface area contributed by atoms with Crippen molar-refractivity contribution in [2.75, 3.05) is 18.0 Å². The molecule has 4 rings (SSSR count). The lowest BCUT2D eigenvalue weighted by atomic mass is 9.81. The Balaban J connectivity index is 1.42. The third-order valence-electron chi connectivity index (χ3n) is 11.6. The lowest BCUT2D eigenvalue weighted by Crippen LogP contribution is -2.28. The van der Waals surface area contributed by atoms with Crippen molar-refractivity contribution in [2.24, 2.45) is 0 Å². The molecule has 0 amide bonds. The van der Waals surface area contributed by atoms with Gasteiger partial charge in [-0.05, 0) is 44.4 Å². The molecule has 270 valence electrons. The summed E-state index contributed by atoms with van der Waals surface area (Å²) >= 11 is 0. The summed E-state index contributed by atoms with van der Waals surface area (Å²) in [5.74, 6) is 0. The highest BCUT2D eigenvalue weighted by Gasteiger charge is 2.44. The van der Waals surface area contributed by atoms with E-state index in [0.29, 0.717) is 0 Å². The minimum atomic E-state index is -0.00602. The fraction of sp³-hybridized carbons (Fsp3) is 0.638. The van der Waals surface area contributed by atoms with Gasteiger partial charge in [0.1, 0.15) is 6.54 Å². The summed E-state index contributed by atoms with van der Waals surface area (Å²) in [6.07, 6.45) is 34.8. The van der Waals surface area contributed by atoms with Crippen LogP contribution in [0, 0.1) is 0 Å². The molecule has 2 aromatic rings. The van der Waals surface area contributed by atoms with Gasteiger partial charge >= 0.3 is 0 Å². The fourth-order valence-corrected chi connectivity index (χ4v) is 8.51. The third kappa shape index (κ3) is 10.7. The van der Waals surface area contributed by atoms with E-state index in [-0.39, 0.29) is 10.8 Å². The van der Waals surface area contributed by atoms with E-state index in [9.17, 15) is 0 Å². The van der Waals surface area contributed by atoms with Gasteiger partial charge in [-0.1, -0.05) is 179 Å². The second kappa shape index (κ2) is 20.3. The van der Waals surface area contributed by atoms with Crippen LogP contribution in [0.25, 0.3) is 0 Å². The minimum Gasteiger partial charge on any atom is -0.344 e. The normalized spacial score (nSPS) is 17.1. The number of anilines is 1. The average Bonchev–Trinajstić information content (AvgIpc) is 3.45. The van der Waals surface area contributed by atoms with Crippen molar-refractivity contribution in [2.45, 2.75) is 181 Å². The predicted octanol–water partition coefficient (Wildman–Crippen LogP) is 14.1. The van der Waals surface area contributed by atoms with Crippen molar-refractivity contribution >= 4 is 17.1 Å². The first-order chi connectivity index (χ1) is 23.8. The van der Waals surface area contributed by atoms with Gasteiger partial charge in [-0.15, -0.1) is 0 Å². The molecule has 2 aromatic carbocycles. The van der Waals surface area contributed by atoms with Gasteiger partial charge in [-0.25, -0.2) is 0 Å². The second-order valence-electron chi connectivity index (χ2n) is 16.2. The van der Waals surface area contributed by atoms with E-state index in [2.05, 4.69) is 118 Å². The Kier molecular flexibility index (Phi) is 16.2. The third-order valence-corrected chi connectivity index (χ3v) is 11.6. The zero-order valence-corrected chi connectivity index (χ0v) is 32.8. The molecule has 2 heteroatoms. The number of unbranched alkanes of at least 4 members (excludes halogenated alkanes) is 18. The van der Waals surface area contributed by atoms with Crippen molar-refractivity contribution < 1.29 is 4.58 Å². The lowest BCUT2D eigenvalue weighted by Gasteiger charge is -2.27. The molecule has 0 N–H and O–H groups in total. The van der Waals surface area contributed by atoms with Crippen LogP contribution >= 0.6 is 0 Å². The van der Waals surface area contributed by atoms with Crippen LogP contribution in [0.15, 0.2) is 72.5 Å². The smallest absolute Gasteiger partial charge is 0.209 e. The summed E-state index contributed by atoms with van der Waals surface area (Å²) in [5, 5.41) is 0. The molecule has 0 aromatic heterocycles. The van der Waals surface area contributed by atoms with E-state index < -0.39 is 0 Å². The molecule has 0 bridgehead atoms. The van der Waals surface area contributed by atoms with Crippen molar-refractivity contribution in [1.29, 1.82) is 0 Å². The van der Waals surface area contributed by atoms with Crippen LogP contribution in [0.5, 0.6) is 0 Å². The summed E-state index contributed by atoms with van der Waals surface area (Å²) < 4.78 is 2.64. The zero-order chi connectivity index (χ0) is 35.0. The largest absolute Gasteiger partial charge is 0.344 e. The highest BCUT2D eigenvalue weighted by atomic mass is 15.2. The Hall–Kier alpha value is -2.61. The molecule has 0 radical (unpaired) electrons. The Morgan fingerprint density at radius 1 is 0.551 bits per heavy atom. The van der Waals surface area contributed by atoms with Crippen LogP contribution in [-0.4, -0.2) is 23.4 Å². The first-order valence-corrected chi connectivity index (χ1v) is 20.8. The van der Waals surface area contributed by atoms with Crippen molar-refractivity contribution in [3.8, 4) is 0 Å². The average molecular weight is 666 g/mol. The molecule has 49 heavy (non-hydrogen) atoms. The number of fused-ring (bicyclic) bond motifs is 2. The fourth-order valence-electron chi connectivity index (χ4n) is 8.51. The zero-order valence-electron chi connectivity index (χ0n) is 32.8. The molecule has 0 atom stereocenters. The number of rotatable bonds is 24. The maximum Gasteiger partial charge on any atom is 0.209 e. The highest BCUT2D eigenvalue weighted by Crippen LogP contribution is 2.48. The molecule has 0 unspecified atom stereocenters. The lowest BCUT2D eigenvalue weighted by molar-refractivity contribution is -0.438. The van der Waals surface area contributed by atoms with Crippen LogP contribution in [0.3, 0.4) is 0 Å². The van der Waals surface area contributed by atoms with Gasteiger partial charge in [0.2, 0.25) is 5.69 Å². The van der Waals surface area contributed by atoms with Crippen LogP contribution in [-0.2, 0) is 10.8 Å². The summed E-state index contributed by atoms with van der Waals surface area (Å²) in [6.45, 7) is 16.5. The molecule has 0 saturated carbocycles. The molecule has 0 saturated heterocycles. The van der Waals surface area contributed by atoms with E-state index in [4.69, 9.17) is 0 Å². The molecule has 2 nitrogen and oxygen atoms in total. The first kappa shape index (κ1) is 39.2. The number of para-hydroxylation sites is 2. The molecule has 2 aliphatic rings. The van der Waals surface area contributed by atoms with Crippen LogP contribution in [0.2, 0.25) is 0 Å². The first-order valence-electron chi connectivity index (χ1n) is 20.8. The van der Waals surface area contributed by atoms with E-state index in [0.717, 1.165) is 13.1 Å². The SMILES string of the molecule is CCCCCCCCCCCCN1/C(=C\C=C\C2=[N+](CCCCCCCCCCCC)c3ccccc3C2(C)C)C(C)(C)c2ccccc21. The van der Waals surface area contributed by atoms with Crippen LogP contribution < -0.4 is 4.90 Å². The standard InChI is InChI=1S/C47H73N2/c1-7-9-11-13-15-17-19-21-23-29-38-48-42-34-27-25-32-40(42)46(3,4)44(48)36-31-37-45-47(5,6)41-33-26-28-35-43(41)49(45)39-30-24-22-20-18-16-14-12-10-8-2/h25-28,31-37H,7-24,29-30,38-39H2,1-6H3/q+1. The molecule has 0 fully saturated rings. The monoisotopic (exact) mass is 666 g/mol. The molecule has 2 heterocycles. The highest BCUT2D eigenvalue weighted by molar-refractivity contribution is 6.03. The van der Waals surface area contributed by atoms with E-state index in [1.54, 1.807) is 0 Å². The van der Waals surface area contributed by atoms with Gasteiger partial charge in [0.05, 0.1) is 5.41 Å². The minimum absolute atomic E-state index is 0.00602. The van der Waals surface area contributed by atoms with Gasteiger partial charge in [0, 0.05) is 47.5 Å². The quantitative estimate of drug-likeness (QED) is 0.0799. The summed E-state index contributed by atoms with van der Waals surface area (Å²) in [5.41, 5.74) is 8.61. The maximum atomic E-state index is 2.64. The molecule has 2 aliphatic heterocycles. The van der Waals surface area contributed by atoms with Crippen LogP contribution in [0.1, 0.15) is 181 Å². The maximum absolute atomic E-state index is 2.64. The summed E-state index contributed by atoms with van der Waals surface area (Å²) in [7, 11) is 0.